The van der Waals surface area contributed by atoms with Crippen LogP contribution in [0.2, 0.25) is 0 Å². The van der Waals surface area contributed by atoms with E-state index in [0.717, 1.165) is 0 Å². The van der Waals surface area contributed by atoms with Crippen LogP contribution in [0.5, 0.6) is 0 Å². The molecule has 1 nitrogen and oxygen atoms in total. The fourth-order valence-electron chi connectivity index (χ4n) is 0.610. The second kappa shape index (κ2) is 3.01. The second-order valence-corrected chi connectivity index (χ2v) is 3.30. The van der Waals surface area contributed by atoms with Crippen molar-refractivity contribution in [2.45, 2.75) is 39.0 Å². The van der Waals surface area contributed by atoms with Crippen molar-refractivity contribution >= 4 is 0 Å². The lowest BCUT2D eigenvalue weighted by molar-refractivity contribution is -0.180. The molecule has 1 unspecified atom stereocenters. The molecule has 0 radical (unpaired) electrons. The van der Waals surface area contributed by atoms with Crippen LogP contribution in [0, 0.1) is 5.92 Å². The van der Waals surface area contributed by atoms with E-state index in [9.17, 15) is 18.3 Å². The van der Waals surface area contributed by atoms with Crippen molar-refractivity contribution in [1.29, 1.82) is 0 Å². The molecule has 0 fully saturated rings. The summed E-state index contributed by atoms with van der Waals surface area (Å²) in [6, 6.07) is 0. The van der Waals surface area contributed by atoms with Gasteiger partial charge in [-0.1, -0.05) is 13.8 Å². The van der Waals surface area contributed by atoms with Crippen molar-refractivity contribution in [1.82, 2.24) is 0 Å². The molecule has 0 aliphatic rings. The summed E-state index contributed by atoms with van der Waals surface area (Å²) in [7, 11) is 0. The summed E-state index contributed by atoms with van der Waals surface area (Å²) in [5.74, 6) is -0.385. The van der Waals surface area contributed by atoms with Crippen molar-refractivity contribution < 1.29 is 18.3 Å². The van der Waals surface area contributed by atoms with Crippen LogP contribution >= 0.6 is 0 Å². The van der Waals surface area contributed by atoms with Crippen LogP contribution in [0.15, 0.2) is 0 Å². The number of halogens is 3. The van der Waals surface area contributed by atoms with E-state index in [-0.39, 0.29) is 5.92 Å². The van der Waals surface area contributed by atoms with E-state index in [1.54, 1.807) is 13.8 Å². The maximum atomic E-state index is 11.8. The summed E-state index contributed by atoms with van der Waals surface area (Å²) < 4.78 is 35.3. The molecule has 1 N–H and O–H groups in total. The first-order chi connectivity index (χ1) is 4.65. The van der Waals surface area contributed by atoms with Gasteiger partial charge in [0.15, 0.2) is 0 Å². The highest BCUT2D eigenvalue weighted by Crippen LogP contribution is 2.31. The van der Waals surface area contributed by atoms with Crippen LogP contribution in [0.4, 0.5) is 13.2 Å². The number of alkyl halides is 3. The maximum Gasteiger partial charge on any atom is 0.391 e. The highest BCUT2D eigenvalue weighted by molar-refractivity contribution is 4.79. The normalized spacial score (nSPS) is 18.5. The molecular formula is C7H13F3O. The lowest BCUT2D eigenvalue weighted by atomic mass is 9.89. The molecule has 4 heteroatoms. The molecule has 0 rings (SSSR count). The van der Waals surface area contributed by atoms with Crippen molar-refractivity contribution in [3.05, 3.63) is 0 Å². The Bertz CT molecular complexity index is 126. The van der Waals surface area contributed by atoms with E-state index in [1.165, 1.54) is 6.92 Å². The molecule has 0 bridgehead atoms. The molecule has 1 atom stereocenters. The first kappa shape index (κ1) is 10.8. The molecule has 0 aromatic heterocycles. The van der Waals surface area contributed by atoms with Gasteiger partial charge in [-0.15, -0.1) is 0 Å². The standard InChI is InChI=1S/C7H13F3O/c1-5(2)6(3,11)4-7(8,9)10/h5,11H,4H2,1-3H3. The maximum absolute atomic E-state index is 11.8. The Balaban J connectivity index is 4.13. The first-order valence-corrected chi connectivity index (χ1v) is 3.44. The highest BCUT2D eigenvalue weighted by atomic mass is 19.4. The van der Waals surface area contributed by atoms with Crippen LogP contribution in [-0.4, -0.2) is 16.9 Å². The minimum absolute atomic E-state index is 0.385. The fourth-order valence-corrected chi connectivity index (χ4v) is 0.610. The predicted molar refractivity (Wildman–Crippen MR) is 36.1 cm³/mol. The van der Waals surface area contributed by atoms with Crippen LogP contribution in [0.25, 0.3) is 0 Å². The minimum Gasteiger partial charge on any atom is -0.390 e. The topological polar surface area (TPSA) is 20.2 Å². The van der Waals surface area contributed by atoms with E-state index in [4.69, 9.17) is 0 Å². The Morgan fingerprint density at radius 3 is 1.73 bits per heavy atom. The number of aliphatic hydroxyl groups is 1. The zero-order valence-corrected chi connectivity index (χ0v) is 6.87. The van der Waals surface area contributed by atoms with E-state index < -0.39 is 18.2 Å². The Kier molecular flexibility index (Phi) is 2.94. The summed E-state index contributed by atoms with van der Waals surface area (Å²) in [6.45, 7) is 4.32. The molecule has 0 amide bonds. The summed E-state index contributed by atoms with van der Waals surface area (Å²) in [6.07, 6.45) is -5.43. The van der Waals surface area contributed by atoms with Crippen LogP contribution in [0.1, 0.15) is 27.2 Å². The molecular weight excluding hydrogens is 157 g/mol. The number of hydrogen-bond acceptors (Lipinski definition) is 1. The summed E-state index contributed by atoms with van der Waals surface area (Å²) in [5.41, 5.74) is -1.64. The van der Waals surface area contributed by atoms with E-state index in [1.807, 2.05) is 0 Å². The lowest BCUT2D eigenvalue weighted by Gasteiger charge is -2.28. The SMILES string of the molecule is CC(C)C(C)(O)CC(F)(F)F. The average molecular weight is 170 g/mol. The van der Waals surface area contributed by atoms with Gasteiger partial charge < -0.3 is 5.11 Å². The third kappa shape index (κ3) is 4.24. The van der Waals surface area contributed by atoms with E-state index in [0.29, 0.717) is 0 Å². The summed E-state index contributed by atoms with van der Waals surface area (Å²) in [5, 5.41) is 9.21. The largest absolute Gasteiger partial charge is 0.391 e. The summed E-state index contributed by atoms with van der Waals surface area (Å²) in [4.78, 5) is 0. The van der Waals surface area contributed by atoms with Crippen LogP contribution in [-0.2, 0) is 0 Å². The average Bonchev–Trinajstić information content (AvgIpc) is 1.56. The minimum atomic E-state index is -4.28. The third-order valence-corrected chi connectivity index (χ3v) is 1.80. The van der Waals surface area contributed by atoms with Gasteiger partial charge in [-0.3, -0.25) is 0 Å². The Labute approximate surface area is 64.2 Å². The highest BCUT2D eigenvalue weighted by Gasteiger charge is 2.39. The Morgan fingerprint density at radius 2 is 1.64 bits per heavy atom. The van der Waals surface area contributed by atoms with Gasteiger partial charge in [0.1, 0.15) is 0 Å². The smallest absolute Gasteiger partial charge is 0.390 e. The second-order valence-electron chi connectivity index (χ2n) is 3.30. The van der Waals surface area contributed by atoms with Gasteiger partial charge in [-0.2, -0.15) is 13.2 Å². The molecule has 0 saturated heterocycles. The molecule has 0 saturated carbocycles. The summed E-state index contributed by atoms with van der Waals surface area (Å²) >= 11 is 0. The van der Waals surface area contributed by atoms with Gasteiger partial charge in [0, 0.05) is 0 Å². The molecule has 0 spiro atoms. The van der Waals surface area contributed by atoms with Crippen molar-refractivity contribution in [3.63, 3.8) is 0 Å². The van der Waals surface area contributed by atoms with Gasteiger partial charge in [-0.25, -0.2) is 0 Å². The van der Waals surface area contributed by atoms with E-state index in [2.05, 4.69) is 0 Å². The molecule has 0 heterocycles. The Morgan fingerprint density at radius 1 is 1.27 bits per heavy atom. The number of rotatable bonds is 2. The van der Waals surface area contributed by atoms with Gasteiger partial charge in [0.2, 0.25) is 0 Å². The zero-order valence-electron chi connectivity index (χ0n) is 6.87. The number of hydrogen-bond donors (Lipinski definition) is 1. The first-order valence-electron chi connectivity index (χ1n) is 3.44. The molecule has 0 aromatic carbocycles. The molecule has 0 aliphatic carbocycles. The molecule has 11 heavy (non-hydrogen) atoms. The van der Waals surface area contributed by atoms with Crippen molar-refractivity contribution in [2.75, 3.05) is 0 Å². The van der Waals surface area contributed by atoms with Gasteiger partial charge in [0.25, 0.3) is 0 Å². The third-order valence-electron chi connectivity index (χ3n) is 1.80. The van der Waals surface area contributed by atoms with Crippen molar-refractivity contribution in [2.24, 2.45) is 5.92 Å². The molecule has 0 aromatic rings. The van der Waals surface area contributed by atoms with Gasteiger partial charge in [-0.05, 0) is 12.8 Å². The predicted octanol–water partition coefficient (Wildman–Crippen LogP) is 2.35. The van der Waals surface area contributed by atoms with Gasteiger partial charge in [0.05, 0.1) is 12.0 Å². The van der Waals surface area contributed by atoms with Crippen LogP contribution < -0.4 is 0 Å². The Hall–Kier alpha value is -0.250. The fraction of sp³-hybridized carbons (Fsp3) is 1.00. The monoisotopic (exact) mass is 170 g/mol. The van der Waals surface area contributed by atoms with E-state index >= 15 is 0 Å². The van der Waals surface area contributed by atoms with Crippen molar-refractivity contribution in [3.8, 4) is 0 Å². The molecule has 0 aliphatic heterocycles. The molecule has 68 valence electrons. The quantitative estimate of drug-likeness (QED) is 0.674. The van der Waals surface area contributed by atoms with Crippen LogP contribution in [0.3, 0.4) is 0 Å². The zero-order chi connectivity index (χ0) is 9.28. The lowest BCUT2D eigenvalue weighted by Crippen LogP contribution is -2.36. The van der Waals surface area contributed by atoms with Gasteiger partial charge >= 0.3 is 6.18 Å².